The lowest BCUT2D eigenvalue weighted by Crippen LogP contribution is -2.46. The number of benzene rings is 12. The number of nitrogens with zero attached hydrogens (tertiary/aromatic N) is 2. The Morgan fingerprint density at radius 1 is 0.357 bits per heavy atom. The molecule has 20 nitrogen and oxygen atoms in total. The summed E-state index contributed by atoms with van der Waals surface area (Å²) in [6, 6.07) is 79.0. The Balaban J connectivity index is 0.000000109. The summed E-state index contributed by atoms with van der Waals surface area (Å²) in [5.74, 6) is -0.0000304. The lowest BCUT2D eigenvalue weighted by Gasteiger charge is -2.36. The molecule has 24 rings (SSSR count). The number of hydrogen-bond donors (Lipinski definition) is 11. The van der Waals surface area contributed by atoms with Crippen LogP contribution >= 0.6 is 113 Å². The normalized spacial score (nSPS) is 17.0. The van der Waals surface area contributed by atoms with Gasteiger partial charge in [0, 0.05) is 186 Å². The van der Waals surface area contributed by atoms with Crippen molar-refractivity contribution < 1.29 is 42.1 Å². The standard InChI is InChI=1S/C23H23ClN2O5.C21H22ClN3O2.C17H14BrClN2.C17H15BrN2.C17H13Cl3N2.C17H13ClF2N2/c1-3-29-22(27)26-11-10-17-18-13-15(24)8-9-19(18)25-20(17)21(26)14-6-5-7-16(12-14)31-23(28)30-4-2;1-3-23-21(26)25-11-10-16-17-12-14(22)6-9-18(17)24-19(16)20(25)13-4-7-15(27-2)8-5-13;18-11-3-1-10(2-4-11)16-17-13(7-8-20-16)14-9-12(19)5-6-15(14)21-17;18-12-6-7-15-14(10-12)13-8-9-19-16(17(13)20-15)11-4-2-1-3-5-11;18-10-2-4-15-12(8-10)11-5-6-21-16(17(11)22-15)9-1-3-13(19)14(20)7-9;18-10-1-2-15-14(7-10)13-3-4-21-16(17(13)22-15)9-5-11(19)8-12(20)6-9/h5-9,12-13,21,25H,3-4,10-11H2,1-2H3;4-9,12,20,24H,3,10-11H2,1-2H3,(H,23,26);1-6,9,16,20-21H,7-8H2;1-7,10,16,19-20H,8-9H2;1-4,7-8,16,21-22H,5-6H2;1-2,5-8,16,21-22H,3-4H2. The highest BCUT2D eigenvalue weighted by molar-refractivity contribution is 9.10. The Hall–Kier alpha value is -11.8. The van der Waals surface area contributed by atoms with Crippen molar-refractivity contribution in [3.8, 4) is 11.5 Å². The molecule has 732 valence electrons. The van der Waals surface area contributed by atoms with Crippen LogP contribution in [-0.4, -0.2) is 124 Å². The van der Waals surface area contributed by atoms with E-state index in [1.165, 1.54) is 84.3 Å². The van der Waals surface area contributed by atoms with Gasteiger partial charge in [0.25, 0.3) is 0 Å². The van der Waals surface area contributed by atoms with Crippen LogP contribution in [0.3, 0.4) is 0 Å². The first kappa shape index (κ1) is 99.9. The molecule has 0 saturated carbocycles. The van der Waals surface area contributed by atoms with Gasteiger partial charge in [-0.3, -0.25) is 4.90 Å². The first-order chi connectivity index (χ1) is 69.4. The van der Waals surface area contributed by atoms with Crippen molar-refractivity contribution in [2.45, 2.75) is 95.5 Å². The minimum Gasteiger partial charge on any atom is -0.497 e. The van der Waals surface area contributed by atoms with Gasteiger partial charge >= 0.3 is 18.3 Å². The summed E-state index contributed by atoms with van der Waals surface area (Å²) in [6.07, 6.45) is 4.23. The third kappa shape index (κ3) is 21.7. The molecule has 6 unspecified atom stereocenters. The molecule has 3 amide bonds. The largest absolute Gasteiger partial charge is 0.513 e. The zero-order valence-corrected chi connectivity index (χ0v) is 86.6. The molecule has 31 heteroatoms. The molecule has 0 aliphatic carbocycles. The average molecular weight is 2190 g/mol. The van der Waals surface area contributed by atoms with Gasteiger partial charge in [-0.25, -0.2) is 23.2 Å². The quantitative estimate of drug-likeness (QED) is 0.0429. The highest BCUT2D eigenvalue weighted by Gasteiger charge is 2.39. The number of amides is 3. The second kappa shape index (κ2) is 44.4. The Morgan fingerprint density at radius 3 is 1.19 bits per heavy atom. The molecular weight excluding hydrogens is 2090 g/mol. The van der Waals surface area contributed by atoms with E-state index < -0.39 is 29.9 Å². The molecular formula is C112H100Br2Cl7F2N13O7. The van der Waals surface area contributed by atoms with Gasteiger partial charge in [0.2, 0.25) is 0 Å². The number of carbonyl (C=O) groups is 3. The SMILES string of the molecule is Brc1ccc2[nH]c3c(c2c1)CCNC3c1ccccc1.CCNC(=O)N1CCc2c([nH]c3ccc(Cl)cc23)C1c1ccc(OC)cc1.CCOC(=O)Oc1cccc(C2c3[nH]c4ccc(Cl)cc4c3CCN2C(=O)OCC)c1.Clc1ccc2[nH]c3c(c2c1)CCNC3c1ccc(Br)cc1.Clc1ccc2[nH]c3c(c2c1)CCNC3c1ccc(Cl)c(Cl)c1.Fc1cc(F)cc(C2NCCc3c2[nH]c2ccc(Cl)cc32)c1. The highest BCUT2D eigenvalue weighted by Crippen LogP contribution is 2.46. The van der Waals surface area contributed by atoms with Crippen LogP contribution in [-0.2, 0) is 48.0 Å². The van der Waals surface area contributed by atoms with Crippen molar-refractivity contribution in [2.75, 3.05) is 66.1 Å². The second-order valence-corrected chi connectivity index (χ2v) is 40.3. The van der Waals surface area contributed by atoms with Gasteiger partial charge in [0.15, 0.2) is 0 Å². The zero-order valence-electron chi connectivity index (χ0n) is 78.2. The minimum atomic E-state index is -0.772. The van der Waals surface area contributed by atoms with E-state index in [4.69, 9.17) is 100 Å². The maximum atomic E-state index is 13.5. The summed E-state index contributed by atoms with van der Waals surface area (Å²) in [4.78, 5) is 61.9. The van der Waals surface area contributed by atoms with Crippen molar-refractivity contribution in [3.63, 3.8) is 0 Å². The molecule has 0 bridgehead atoms. The summed E-state index contributed by atoms with van der Waals surface area (Å²) in [6.45, 7) is 11.3. The van der Waals surface area contributed by atoms with Crippen LogP contribution in [0.15, 0.2) is 258 Å². The van der Waals surface area contributed by atoms with E-state index in [0.717, 1.165) is 183 Å². The third-order valence-corrected chi connectivity index (χ3v) is 29.8. The van der Waals surface area contributed by atoms with Crippen LogP contribution in [0.5, 0.6) is 11.5 Å². The van der Waals surface area contributed by atoms with Gasteiger partial charge in [0.1, 0.15) is 29.2 Å². The van der Waals surface area contributed by atoms with Crippen LogP contribution in [0, 0.1) is 11.6 Å². The number of carbonyl (C=O) groups excluding carboxylic acids is 3. The molecule has 11 N–H and O–H groups in total. The molecule has 6 aromatic heterocycles. The fourth-order valence-electron chi connectivity index (χ4n) is 20.5. The molecule has 6 aliphatic rings. The van der Waals surface area contributed by atoms with Gasteiger partial charge in [-0.15, -0.1) is 0 Å². The number of nitrogens with one attached hydrogen (secondary N) is 11. The van der Waals surface area contributed by atoms with Crippen molar-refractivity contribution in [3.05, 3.63) is 405 Å². The summed E-state index contributed by atoms with van der Waals surface area (Å²) in [5.41, 5.74) is 26.9. The molecule has 143 heavy (non-hydrogen) atoms. The molecule has 0 saturated heterocycles. The first-order valence-electron chi connectivity index (χ1n) is 47.4. The van der Waals surface area contributed by atoms with Gasteiger partial charge in [0.05, 0.1) is 60.6 Å². The number of halogens is 11. The number of ether oxygens (including phenoxy) is 4. The lowest BCUT2D eigenvalue weighted by molar-refractivity contribution is 0.0926. The molecule has 12 aromatic carbocycles. The van der Waals surface area contributed by atoms with Crippen molar-refractivity contribution in [1.29, 1.82) is 0 Å². The van der Waals surface area contributed by atoms with Crippen LogP contribution in [0.4, 0.5) is 23.2 Å². The van der Waals surface area contributed by atoms with Crippen molar-refractivity contribution in [1.82, 2.24) is 66.3 Å². The smallest absolute Gasteiger partial charge is 0.497 e. The van der Waals surface area contributed by atoms with Crippen LogP contribution in [0.25, 0.3) is 65.4 Å². The zero-order chi connectivity index (χ0) is 99.4. The number of hydrogen-bond acceptors (Lipinski definition) is 11. The molecule has 0 fully saturated rings. The van der Waals surface area contributed by atoms with Gasteiger partial charge in [-0.2, -0.15) is 0 Å². The number of methoxy groups -OCH3 is 1. The Bertz CT molecular complexity index is 7750. The number of fused-ring (bicyclic) bond motifs is 18. The molecule has 6 aliphatic heterocycles. The number of aromatic amines is 6. The summed E-state index contributed by atoms with van der Waals surface area (Å²) in [5, 5.41) is 28.8. The molecule has 12 heterocycles. The average Bonchev–Trinajstić information content (AvgIpc) is 1.60. The van der Waals surface area contributed by atoms with Gasteiger partial charge < -0.3 is 80.3 Å². The number of aromatic nitrogens is 6. The number of rotatable bonds is 11. The number of urea groups is 1. The lowest BCUT2D eigenvalue weighted by atomic mass is 9.92. The fourth-order valence-corrected chi connectivity index (χ4v) is 22.3. The maximum Gasteiger partial charge on any atom is 0.513 e. The van der Waals surface area contributed by atoms with Crippen LogP contribution < -0.4 is 36.1 Å². The van der Waals surface area contributed by atoms with Crippen LogP contribution in [0.1, 0.15) is 158 Å². The van der Waals surface area contributed by atoms with Crippen molar-refractivity contribution >= 4 is 197 Å². The first-order valence-corrected chi connectivity index (χ1v) is 51.7. The van der Waals surface area contributed by atoms with E-state index in [1.807, 2.05) is 139 Å². The topological polar surface area (TPSA) is 250 Å². The monoisotopic (exact) mass is 2180 g/mol. The van der Waals surface area contributed by atoms with Crippen LogP contribution in [0.2, 0.25) is 35.2 Å². The van der Waals surface area contributed by atoms with E-state index >= 15 is 0 Å². The Morgan fingerprint density at radius 2 is 0.741 bits per heavy atom. The van der Waals surface area contributed by atoms with E-state index in [0.29, 0.717) is 57.5 Å². The summed E-state index contributed by atoms with van der Waals surface area (Å²) in [7, 11) is 1.65. The maximum absolute atomic E-state index is 13.5. The minimum absolute atomic E-state index is 0.0549. The van der Waals surface area contributed by atoms with E-state index in [1.54, 1.807) is 44.1 Å². The fraction of sp³-hybridized carbons (Fsp3) is 0.223. The Kier molecular flexibility index (Phi) is 31.0. The molecule has 6 atom stereocenters. The second-order valence-electron chi connectivity index (χ2n) is 35.5. The highest BCUT2D eigenvalue weighted by atomic mass is 79.9. The van der Waals surface area contributed by atoms with Crippen molar-refractivity contribution in [2.24, 2.45) is 0 Å². The molecule has 0 radical (unpaired) electrons. The predicted molar refractivity (Wildman–Crippen MR) is 578 cm³/mol. The molecule has 18 aromatic rings. The third-order valence-electron chi connectivity index (χ3n) is 26.8. The predicted octanol–water partition coefficient (Wildman–Crippen LogP) is 28.6. The van der Waals surface area contributed by atoms with Gasteiger partial charge in [-0.1, -0.05) is 186 Å². The number of H-pyrrole nitrogens is 6. The van der Waals surface area contributed by atoms with E-state index in [2.05, 4.69) is 173 Å². The summed E-state index contributed by atoms with van der Waals surface area (Å²) >= 11 is 50.1. The Labute approximate surface area is 876 Å². The van der Waals surface area contributed by atoms with E-state index in [-0.39, 0.29) is 49.5 Å². The van der Waals surface area contributed by atoms with E-state index in [9.17, 15) is 23.2 Å². The van der Waals surface area contributed by atoms with Gasteiger partial charge in [-0.05, 0) is 296 Å². The molecule has 0 spiro atoms. The summed E-state index contributed by atoms with van der Waals surface area (Å²) < 4.78 is 50.0.